The first-order chi connectivity index (χ1) is 8.61. The summed E-state index contributed by atoms with van der Waals surface area (Å²) in [5, 5.41) is 2.58. The molecule has 1 amide bonds. The molecule has 0 aliphatic heterocycles. The van der Waals surface area contributed by atoms with Crippen molar-refractivity contribution in [1.29, 1.82) is 0 Å². The summed E-state index contributed by atoms with van der Waals surface area (Å²) in [7, 11) is 0. The van der Waals surface area contributed by atoms with Gasteiger partial charge in [-0.15, -0.1) is 0 Å². The molecule has 98 valence electrons. The molecule has 5 nitrogen and oxygen atoms in total. The Labute approximate surface area is 106 Å². The van der Waals surface area contributed by atoms with E-state index in [9.17, 15) is 9.59 Å². The van der Waals surface area contributed by atoms with Crippen LogP contribution in [0.4, 0.5) is 0 Å². The summed E-state index contributed by atoms with van der Waals surface area (Å²) < 4.78 is 10.0. The minimum atomic E-state index is -0.316. The van der Waals surface area contributed by atoms with E-state index in [0.29, 0.717) is 12.4 Å². The number of hydrogen-bond acceptors (Lipinski definition) is 4. The van der Waals surface area contributed by atoms with E-state index in [0.717, 1.165) is 5.76 Å². The quantitative estimate of drug-likeness (QED) is 0.617. The van der Waals surface area contributed by atoms with Crippen molar-refractivity contribution >= 4 is 18.0 Å². The maximum atomic E-state index is 11.4. The van der Waals surface area contributed by atoms with E-state index < -0.39 is 0 Å². The number of carbonyl (C=O) groups is 2. The maximum Gasteiger partial charge on any atom is 0.307 e. The Morgan fingerprint density at radius 3 is 2.83 bits per heavy atom. The standard InChI is InChI=1S/C13H17NO4/c1-3-17-13(16)8-9-14-12(15)7-6-11-5-4-10(2)18-11/h4-7H,3,8-9H2,1-2H3,(H,14,15). The van der Waals surface area contributed by atoms with Gasteiger partial charge in [0.25, 0.3) is 0 Å². The van der Waals surface area contributed by atoms with E-state index in [2.05, 4.69) is 5.32 Å². The van der Waals surface area contributed by atoms with Gasteiger partial charge in [-0.25, -0.2) is 0 Å². The van der Waals surface area contributed by atoms with Crippen LogP contribution in [0.2, 0.25) is 0 Å². The van der Waals surface area contributed by atoms with Crippen molar-refractivity contribution in [3.05, 3.63) is 29.7 Å². The lowest BCUT2D eigenvalue weighted by Crippen LogP contribution is -2.24. The fourth-order valence-corrected chi connectivity index (χ4v) is 1.28. The van der Waals surface area contributed by atoms with Crippen molar-refractivity contribution < 1.29 is 18.7 Å². The number of esters is 1. The van der Waals surface area contributed by atoms with Crippen molar-refractivity contribution in [2.24, 2.45) is 0 Å². The second kappa shape index (κ2) is 7.32. The Balaban J connectivity index is 2.25. The van der Waals surface area contributed by atoms with Crippen molar-refractivity contribution in [3.8, 4) is 0 Å². The third kappa shape index (κ3) is 5.34. The predicted octanol–water partition coefficient (Wildman–Crippen LogP) is 1.67. The molecule has 0 unspecified atom stereocenters. The topological polar surface area (TPSA) is 68.5 Å². The number of ether oxygens (including phenoxy) is 1. The van der Waals surface area contributed by atoms with E-state index in [1.165, 1.54) is 6.08 Å². The maximum absolute atomic E-state index is 11.4. The van der Waals surface area contributed by atoms with Crippen LogP contribution in [-0.4, -0.2) is 25.0 Å². The average Bonchev–Trinajstić information content (AvgIpc) is 2.73. The highest BCUT2D eigenvalue weighted by Crippen LogP contribution is 2.07. The number of nitrogens with one attached hydrogen (secondary N) is 1. The molecule has 1 heterocycles. The lowest BCUT2D eigenvalue weighted by molar-refractivity contribution is -0.142. The zero-order chi connectivity index (χ0) is 13.4. The lowest BCUT2D eigenvalue weighted by atomic mass is 10.3. The van der Waals surface area contributed by atoms with Crippen LogP contribution in [0.15, 0.2) is 22.6 Å². The number of rotatable bonds is 6. The monoisotopic (exact) mass is 251 g/mol. The Morgan fingerprint density at radius 1 is 1.44 bits per heavy atom. The lowest BCUT2D eigenvalue weighted by Gasteiger charge is -2.02. The summed E-state index contributed by atoms with van der Waals surface area (Å²) in [5.74, 6) is 0.821. The normalized spacial score (nSPS) is 10.6. The number of hydrogen-bond donors (Lipinski definition) is 1. The number of aryl methyl sites for hydroxylation is 1. The largest absolute Gasteiger partial charge is 0.466 e. The zero-order valence-electron chi connectivity index (χ0n) is 10.6. The second-order valence-electron chi connectivity index (χ2n) is 3.63. The number of furan rings is 1. The molecule has 0 saturated carbocycles. The predicted molar refractivity (Wildman–Crippen MR) is 66.7 cm³/mol. The van der Waals surface area contributed by atoms with Gasteiger partial charge >= 0.3 is 5.97 Å². The molecule has 5 heteroatoms. The van der Waals surface area contributed by atoms with Crippen LogP contribution in [0.25, 0.3) is 6.08 Å². The third-order valence-corrected chi connectivity index (χ3v) is 2.09. The smallest absolute Gasteiger partial charge is 0.307 e. The molecule has 0 atom stereocenters. The molecule has 0 aliphatic carbocycles. The SMILES string of the molecule is CCOC(=O)CCNC(=O)C=Cc1ccc(C)o1. The Kier molecular flexibility index (Phi) is 5.70. The molecule has 1 aromatic rings. The molecule has 0 fully saturated rings. The number of carbonyl (C=O) groups excluding carboxylic acids is 2. The van der Waals surface area contributed by atoms with E-state index in [1.54, 1.807) is 19.1 Å². The van der Waals surface area contributed by atoms with Gasteiger partial charge in [0.05, 0.1) is 13.0 Å². The van der Waals surface area contributed by atoms with Gasteiger partial charge in [0.1, 0.15) is 11.5 Å². The summed E-state index contributed by atoms with van der Waals surface area (Å²) in [6.45, 7) is 4.19. The van der Waals surface area contributed by atoms with Crippen LogP contribution >= 0.6 is 0 Å². The first kappa shape index (κ1) is 14.0. The zero-order valence-corrected chi connectivity index (χ0v) is 10.6. The van der Waals surface area contributed by atoms with Crippen molar-refractivity contribution in [1.82, 2.24) is 5.32 Å². The van der Waals surface area contributed by atoms with Gasteiger partial charge in [-0.05, 0) is 32.1 Å². The molecule has 18 heavy (non-hydrogen) atoms. The molecule has 0 spiro atoms. The van der Waals surface area contributed by atoms with Crippen molar-refractivity contribution in [2.75, 3.05) is 13.2 Å². The van der Waals surface area contributed by atoms with Gasteiger partial charge in [0.15, 0.2) is 0 Å². The first-order valence-electron chi connectivity index (χ1n) is 5.79. The fourth-order valence-electron chi connectivity index (χ4n) is 1.28. The van der Waals surface area contributed by atoms with Gasteiger partial charge in [-0.1, -0.05) is 0 Å². The molecule has 1 aromatic heterocycles. The van der Waals surface area contributed by atoms with Gasteiger partial charge in [0.2, 0.25) is 5.91 Å². The Hall–Kier alpha value is -2.04. The minimum absolute atomic E-state index is 0.174. The van der Waals surface area contributed by atoms with E-state index >= 15 is 0 Å². The van der Waals surface area contributed by atoms with Crippen LogP contribution in [0.5, 0.6) is 0 Å². The Bertz CT molecular complexity index is 434. The molecule has 1 rings (SSSR count). The Morgan fingerprint density at radius 2 is 2.22 bits per heavy atom. The van der Waals surface area contributed by atoms with Crippen LogP contribution in [0.1, 0.15) is 24.9 Å². The summed E-state index contributed by atoms with van der Waals surface area (Å²) in [6, 6.07) is 3.59. The van der Waals surface area contributed by atoms with Crippen molar-refractivity contribution in [3.63, 3.8) is 0 Å². The minimum Gasteiger partial charge on any atom is -0.466 e. The highest BCUT2D eigenvalue weighted by molar-refractivity contribution is 5.91. The third-order valence-electron chi connectivity index (χ3n) is 2.09. The summed E-state index contributed by atoms with van der Waals surface area (Å²) in [5.41, 5.74) is 0. The fraction of sp³-hybridized carbons (Fsp3) is 0.385. The summed E-state index contributed by atoms with van der Waals surface area (Å²) in [4.78, 5) is 22.4. The van der Waals surface area contributed by atoms with Gasteiger partial charge < -0.3 is 14.5 Å². The molecule has 0 saturated heterocycles. The van der Waals surface area contributed by atoms with Gasteiger partial charge in [-0.3, -0.25) is 9.59 Å². The second-order valence-corrected chi connectivity index (χ2v) is 3.63. The highest BCUT2D eigenvalue weighted by atomic mass is 16.5. The van der Waals surface area contributed by atoms with Crippen LogP contribution in [-0.2, 0) is 14.3 Å². The van der Waals surface area contributed by atoms with E-state index in [1.807, 2.05) is 13.0 Å². The van der Waals surface area contributed by atoms with Gasteiger partial charge in [-0.2, -0.15) is 0 Å². The molecule has 0 radical (unpaired) electrons. The molecular formula is C13H17NO4. The first-order valence-corrected chi connectivity index (χ1v) is 5.79. The van der Waals surface area contributed by atoms with Crippen LogP contribution in [0.3, 0.4) is 0 Å². The highest BCUT2D eigenvalue weighted by Gasteiger charge is 2.02. The molecule has 0 bridgehead atoms. The van der Waals surface area contributed by atoms with Crippen molar-refractivity contribution in [2.45, 2.75) is 20.3 Å². The molecular weight excluding hydrogens is 234 g/mol. The van der Waals surface area contributed by atoms with Gasteiger partial charge in [0, 0.05) is 12.6 Å². The molecule has 1 N–H and O–H groups in total. The van der Waals surface area contributed by atoms with E-state index in [4.69, 9.17) is 9.15 Å². The van der Waals surface area contributed by atoms with Crippen LogP contribution in [0, 0.1) is 6.92 Å². The summed E-state index contributed by atoms with van der Waals surface area (Å²) in [6.07, 6.45) is 3.11. The van der Waals surface area contributed by atoms with E-state index in [-0.39, 0.29) is 24.8 Å². The summed E-state index contributed by atoms with van der Waals surface area (Å²) >= 11 is 0. The number of amides is 1. The molecule has 0 aliphatic rings. The molecule has 0 aromatic carbocycles. The van der Waals surface area contributed by atoms with Crippen LogP contribution < -0.4 is 5.32 Å². The average molecular weight is 251 g/mol.